The molecule has 0 aliphatic carbocycles. The van der Waals surface area contributed by atoms with Crippen LogP contribution in [-0.4, -0.2) is 36.5 Å². The first-order chi connectivity index (χ1) is 9.99. The lowest BCUT2D eigenvalue weighted by Crippen LogP contribution is -2.41. The Balaban J connectivity index is 2.44. The number of rotatable bonds is 8. The van der Waals surface area contributed by atoms with E-state index in [2.05, 4.69) is 20.4 Å². The number of allylic oxidation sites excluding steroid dienone is 1. The van der Waals surface area contributed by atoms with Crippen LogP contribution in [0.3, 0.4) is 0 Å². The first-order valence-electron chi connectivity index (χ1n) is 7.97. The monoisotopic (exact) mass is 295 g/mol. The Kier molecular flexibility index (Phi) is 7.48. The lowest BCUT2D eigenvalue weighted by molar-refractivity contribution is -0.151. The van der Waals surface area contributed by atoms with Crippen molar-refractivity contribution in [1.29, 1.82) is 0 Å². The van der Waals surface area contributed by atoms with E-state index in [1.165, 1.54) is 7.11 Å². The Hall–Kier alpha value is -1.32. The average molecular weight is 295 g/mol. The van der Waals surface area contributed by atoms with Gasteiger partial charge in [-0.15, -0.1) is 6.58 Å². The van der Waals surface area contributed by atoms with Gasteiger partial charge in [-0.1, -0.05) is 19.9 Å². The molecule has 1 heterocycles. The number of hydrogen-bond donors (Lipinski definition) is 0. The van der Waals surface area contributed by atoms with Crippen molar-refractivity contribution in [3.05, 3.63) is 12.7 Å². The van der Waals surface area contributed by atoms with Gasteiger partial charge in [0.05, 0.1) is 7.11 Å². The fourth-order valence-electron chi connectivity index (χ4n) is 3.15. The van der Waals surface area contributed by atoms with Crippen molar-refractivity contribution in [1.82, 2.24) is 4.90 Å². The molecule has 3 atom stereocenters. The molecule has 1 aliphatic heterocycles. The van der Waals surface area contributed by atoms with Gasteiger partial charge in [-0.3, -0.25) is 4.79 Å². The number of methoxy groups -OCH3 is 1. The molecule has 1 unspecified atom stereocenters. The van der Waals surface area contributed by atoms with Gasteiger partial charge in [0.1, 0.15) is 6.04 Å². The molecule has 0 bridgehead atoms. The van der Waals surface area contributed by atoms with Crippen LogP contribution in [0.15, 0.2) is 12.7 Å². The van der Waals surface area contributed by atoms with Crippen molar-refractivity contribution < 1.29 is 14.3 Å². The molecule has 0 spiro atoms. The van der Waals surface area contributed by atoms with Crippen LogP contribution in [-0.2, 0) is 14.3 Å². The summed E-state index contributed by atoms with van der Waals surface area (Å²) in [6, 6.07) is -0.368. The SMILES string of the molecule is C=CCCC(C)C[C@@H](C)CC(=O)N1CCC[C@H]1C(=O)OC. The highest BCUT2D eigenvalue weighted by Crippen LogP contribution is 2.24. The standard InChI is InChI=1S/C17H29NO3/c1-5-6-8-13(2)11-14(3)12-16(19)18-10-7-9-15(18)17(20)21-4/h5,13-15H,1,6-12H2,2-4H3/t13?,14-,15+/m1/s1. The normalized spacial score (nSPS) is 20.9. The molecule has 0 radical (unpaired) electrons. The summed E-state index contributed by atoms with van der Waals surface area (Å²) in [6.45, 7) is 8.76. The van der Waals surface area contributed by atoms with Crippen LogP contribution in [0.2, 0.25) is 0 Å². The Morgan fingerprint density at radius 3 is 2.71 bits per heavy atom. The fourth-order valence-corrected chi connectivity index (χ4v) is 3.15. The van der Waals surface area contributed by atoms with E-state index in [0.717, 1.165) is 32.1 Å². The molecule has 0 saturated carbocycles. The number of hydrogen-bond acceptors (Lipinski definition) is 3. The zero-order valence-corrected chi connectivity index (χ0v) is 13.6. The van der Waals surface area contributed by atoms with Crippen LogP contribution in [0.4, 0.5) is 0 Å². The molecule has 0 N–H and O–H groups in total. The van der Waals surface area contributed by atoms with E-state index in [1.807, 2.05) is 6.08 Å². The number of carbonyl (C=O) groups is 2. The van der Waals surface area contributed by atoms with Gasteiger partial charge in [-0.25, -0.2) is 4.79 Å². The Morgan fingerprint density at radius 1 is 1.38 bits per heavy atom. The van der Waals surface area contributed by atoms with Gasteiger partial charge in [-0.05, 0) is 43.9 Å². The maximum Gasteiger partial charge on any atom is 0.328 e. The predicted molar refractivity (Wildman–Crippen MR) is 83.7 cm³/mol. The third-order valence-corrected chi connectivity index (χ3v) is 4.24. The van der Waals surface area contributed by atoms with Crippen LogP contribution >= 0.6 is 0 Å². The second-order valence-corrected chi connectivity index (χ2v) is 6.28. The van der Waals surface area contributed by atoms with Gasteiger partial charge >= 0.3 is 5.97 Å². The van der Waals surface area contributed by atoms with Gasteiger partial charge in [0.15, 0.2) is 0 Å². The highest BCUT2D eigenvalue weighted by molar-refractivity contribution is 5.85. The summed E-state index contributed by atoms with van der Waals surface area (Å²) in [5, 5.41) is 0. The first kappa shape index (κ1) is 17.7. The van der Waals surface area contributed by atoms with E-state index in [4.69, 9.17) is 4.74 Å². The van der Waals surface area contributed by atoms with Gasteiger partial charge in [0.25, 0.3) is 0 Å². The minimum absolute atomic E-state index is 0.0892. The number of amides is 1. The largest absolute Gasteiger partial charge is 0.467 e. The van der Waals surface area contributed by atoms with E-state index in [9.17, 15) is 9.59 Å². The van der Waals surface area contributed by atoms with Crippen molar-refractivity contribution in [3.63, 3.8) is 0 Å². The number of ether oxygens (including phenoxy) is 1. The van der Waals surface area contributed by atoms with Crippen LogP contribution in [0.5, 0.6) is 0 Å². The molecule has 120 valence electrons. The Labute approximate surface area is 128 Å². The summed E-state index contributed by atoms with van der Waals surface area (Å²) < 4.78 is 4.79. The number of nitrogens with zero attached hydrogens (tertiary/aromatic N) is 1. The van der Waals surface area contributed by atoms with E-state index in [1.54, 1.807) is 4.90 Å². The van der Waals surface area contributed by atoms with E-state index in [-0.39, 0.29) is 17.9 Å². The molecule has 0 aromatic carbocycles. The number of likely N-dealkylation sites (tertiary alicyclic amines) is 1. The molecule has 1 saturated heterocycles. The van der Waals surface area contributed by atoms with Gasteiger partial charge < -0.3 is 9.64 Å². The van der Waals surface area contributed by atoms with Gasteiger partial charge in [-0.2, -0.15) is 0 Å². The summed E-state index contributed by atoms with van der Waals surface area (Å²) in [5.74, 6) is 0.746. The molecule has 1 amide bonds. The van der Waals surface area contributed by atoms with E-state index in [0.29, 0.717) is 24.8 Å². The minimum atomic E-state index is -0.368. The third kappa shape index (κ3) is 5.52. The molecule has 1 rings (SSSR count). The highest BCUT2D eigenvalue weighted by Gasteiger charge is 2.34. The van der Waals surface area contributed by atoms with Crippen LogP contribution in [0.25, 0.3) is 0 Å². The summed E-state index contributed by atoms with van der Waals surface area (Å²) in [5.41, 5.74) is 0. The summed E-state index contributed by atoms with van der Waals surface area (Å²) in [7, 11) is 1.38. The van der Waals surface area contributed by atoms with Crippen molar-refractivity contribution >= 4 is 11.9 Å². The maximum atomic E-state index is 12.4. The zero-order chi connectivity index (χ0) is 15.8. The second kappa shape index (κ2) is 8.85. The molecule has 0 aromatic heterocycles. The fraction of sp³-hybridized carbons (Fsp3) is 0.765. The molecular formula is C17H29NO3. The second-order valence-electron chi connectivity index (χ2n) is 6.28. The van der Waals surface area contributed by atoms with Crippen molar-refractivity contribution in [2.75, 3.05) is 13.7 Å². The predicted octanol–water partition coefficient (Wildman–Crippen LogP) is 3.17. The first-order valence-corrected chi connectivity index (χ1v) is 7.97. The van der Waals surface area contributed by atoms with Crippen LogP contribution < -0.4 is 0 Å². The minimum Gasteiger partial charge on any atom is -0.467 e. The van der Waals surface area contributed by atoms with Crippen molar-refractivity contribution in [2.24, 2.45) is 11.8 Å². The highest BCUT2D eigenvalue weighted by atomic mass is 16.5. The molecule has 0 aromatic rings. The summed E-state index contributed by atoms with van der Waals surface area (Å²) >= 11 is 0. The lowest BCUT2D eigenvalue weighted by Gasteiger charge is -2.25. The van der Waals surface area contributed by atoms with E-state index < -0.39 is 0 Å². The van der Waals surface area contributed by atoms with E-state index >= 15 is 0 Å². The quantitative estimate of drug-likeness (QED) is 0.510. The van der Waals surface area contributed by atoms with Crippen molar-refractivity contribution in [2.45, 2.75) is 58.4 Å². The molecule has 1 fully saturated rings. The van der Waals surface area contributed by atoms with Crippen LogP contribution in [0.1, 0.15) is 52.4 Å². The maximum absolute atomic E-state index is 12.4. The lowest BCUT2D eigenvalue weighted by atomic mass is 9.91. The topological polar surface area (TPSA) is 46.6 Å². The molecule has 21 heavy (non-hydrogen) atoms. The summed E-state index contributed by atoms with van der Waals surface area (Å²) in [6.07, 6.45) is 7.26. The van der Waals surface area contributed by atoms with Gasteiger partial charge in [0, 0.05) is 13.0 Å². The van der Waals surface area contributed by atoms with Crippen molar-refractivity contribution in [3.8, 4) is 0 Å². The number of esters is 1. The van der Waals surface area contributed by atoms with Crippen LogP contribution in [0, 0.1) is 11.8 Å². The Morgan fingerprint density at radius 2 is 2.10 bits per heavy atom. The zero-order valence-electron chi connectivity index (χ0n) is 13.6. The number of carbonyl (C=O) groups excluding carboxylic acids is 2. The molecule has 4 nitrogen and oxygen atoms in total. The third-order valence-electron chi connectivity index (χ3n) is 4.24. The molecule has 1 aliphatic rings. The summed E-state index contributed by atoms with van der Waals surface area (Å²) in [4.78, 5) is 25.8. The van der Waals surface area contributed by atoms with Gasteiger partial charge in [0.2, 0.25) is 5.91 Å². The smallest absolute Gasteiger partial charge is 0.328 e. The average Bonchev–Trinajstić information content (AvgIpc) is 2.93. The Bertz CT molecular complexity index is 367. The molecule has 4 heteroatoms. The molecular weight excluding hydrogens is 266 g/mol.